The molecule has 1 amide bonds. The quantitative estimate of drug-likeness (QED) is 0.193. The third-order valence-electron chi connectivity index (χ3n) is 7.80. The summed E-state index contributed by atoms with van der Waals surface area (Å²) in [7, 11) is 0. The molecule has 0 aromatic heterocycles. The molecule has 1 fully saturated rings. The number of fused-ring (bicyclic) bond motifs is 1. The predicted molar refractivity (Wildman–Crippen MR) is 160 cm³/mol. The van der Waals surface area contributed by atoms with Crippen molar-refractivity contribution in [1.29, 1.82) is 0 Å². The molecule has 222 valence electrons. The zero-order chi connectivity index (χ0) is 29.7. The van der Waals surface area contributed by atoms with Crippen LogP contribution in [0.25, 0.3) is 5.76 Å². The predicted octanol–water partition coefficient (Wildman–Crippen LogP) is 5.60. The van der Waals surface area contributed by atoms with Gasteiger partial charge in [-0.2, -0.15) is 0 Å². The summed E-state index contributed by atoms with van der Waals surface area (Å²) in [6.45, 7) is 15.9. The maximum atomic E-state index is 13.6. The normalized spacial score (nSPS) is 19.7. The van der Waals surface area contributed by atoms with Gasteiger partial charge in [-0.15, -0.1) is 0 Å². The number of nitrogens with zero attached hydrogens (tertiary/aromatic N) is 2. The Morgan fingerprint density at radius 1 is 1.07 bits per heavy atom. The summed E-state index contributed by atoms with van der Waals surface area (Å²) in [6, 6.07) is 10.2. The summed E-state index contributed by atoms with van der Waals surface area (Å²) in [5, 5.41) is 11.6. The molecule has 41 heavy (non-hydrogen) atoms. The molecule has 0 radical (unpaired) electrons. The van der Waals surface area contributed by atoms with Crippen molar-refractivity contribution in [3.63, 3.8) is 0 Å². The van der Waals surface area contributed by atoms with Crippen LogP contribution in [0.3, 0.4) is 0 Å². The van der Waals surface area contributed by atoms with E-state index >= 15 is 0 Å². The lowest BCUT2D eigenvalue weighted by molar-refractivity contribution is -0.140. The SMILES string of the molecule is CCOc1cc([C@@H]2C(=C(O)c3ccc4c(c3)C[C@@H](C)O4)C(=O)C(=O)N2CCN(CC)CC)ccc1OCCC(C)C. The minimum absolute atomic E-state index is 0.0475. The van der Waals surface area contributed by atoms with E-state index in [1.165, 1.54) is 0 Å². The maximum absolute atomic E-state index is 13.6. The summed E-state index contributed by atoms with van der Waals surface area (Å²) in [6.07, 6.45) is 1.67. The number of Topliss-reactive ketones (excluding diaryl/α,β-unsaturated/α-hetero) is 1. The van der Waals surface area contributed by atoms with E-state index in [0.717, 1.165) is 30.8 Å². The first-order chi connectivity index (χ1) is 19.7. The molecule has 2 aromatic carbocycles. The molecule has 0 aliphatic carbocycles. The van der Waals surface area contributed by atoms with E-state index in [1.807, 2.05) is 44.2 Å². The molecule has 2 aromatic rings. The van der Waals surface area contributed by atoms with Crippen LogP contribution in [0, 0.1) is 5.92 Å². The number of ether oxygens (including phenoxy) is 3. The van der Waals surface area contributed by atoms with Crippen molar-refractivity contribution in [2.75, 3.05) is 39.4 Å². The van der Waals surface area contributed by atoms with E-state index in [2.05, 4.69) is 32.6 Å². The van der Waals surface area contributed by atoms with Crippen LogP contribution in [0.5, 0.6) is 17.2 Å². The van der Waals surface area contributed by atoms with Gasteiger partial charge in [0, 0.05) is 25.1 Å². The minimum atomic E-state index is -0.766. The van der Waals surface area contributed by atoms with Crippen LogP contribution in [0.2, 0.25) is 0 Å². The average molecular weight is 565 g/mol. The van der Waals surface area contributed by atoms with Gasteiger partial charge in [0.05, 0.1) is 24.8 Å². The maximum Gasteiger partial charge on any atom is 0.295 e. The van der Waals surface area contributed by atoms with E-state index in [-0.39, 0.29) is 17.4 Å². The fourth-order valence-electron chi connectivity index (χ4n) is 5.46. The number of likely N-dealkylation sites (N-methyl/N-ethyl adjacent to an activating group) is 1. The van der Waals surface area contributed by atoms with Gasteiger partial charge in [0.15, 0.2) is 11.5 Å². The Morgan fingerprint density at radius 2 is 1.83 bits per heavy atom. The Bertz CT molecular complexity index is 1280. The molecule has 8 heteroatoms. The molecule has 0 bridgehead atoms. The van der Waals surface area contributed by atoms with Gasteiger partial charge in [0.25, 0.3) is 11.7 Å². The second-order valence-electron chi connectivity index (χ2n) is 11.1. The summed E-state index contributed by atoms with van der Waals surface area (Å²) in [5.74, 6) is 0.959. The molecule has 1 N–H and O–H groups in total. The van der Waals surface area contributed by atoms with Crippen LogP contribution in [-0.4, -0.2) is 72.1 Å². The van der Waals surface area contributed by atoms with E-state index in [0.29, 0.717) is 61.3 Å². The number of hydrogen-bond acceptors (Lipinski definition) is 7. The van der Waals surface area contributed by atoms with Gasteiger partial charge in [-0.1, -0.05) is 33.8 Å². The van der Waals surface area contributed by atoms with Crippen molar-refractivity contribution < 1.29 is 28.9 Å². The first-order valence-corrected chi connectivity index (χ1v) is 14.9. The molecule has 2 atom stereocenters. The van der Waals surface area contributed by atoms with Crippen LogP contribution < -0.4 is 14.2 Å². The number of carbonyl (C=O) groups is 2. The van der Waals surface area contributed by atoms with Crippen molar-refractivity contribution in [3.8, 4) is 17.2 Å². The molecular formula is C33H44N2O6. The number of likely N-dealkylation sites (tertiary alicyclic amines) is 1. The third kappa shape index (κ3) is 6.70. The molecule has 2 aliphatic rings. The van der Waals surface area contributed by atoms with Crippen molar-refractivity contribution in [2.24, 2.45) is 5.92 Å². The third-order valence-corrected chi connectivity index (χ3v) is 7.80. The smallest absolute Gasteiger partial charge is 0.295 e. The monoisotopic (exact) mass is 564 g/mol. The molecule has 0 unspecified atom stereocenters. The first-order valence-electron chi connectivity index (χ1n) is 14.9. The highest BCUT2D eigenvalue weighted by atomic mass is 16.5. The fraction of sp³-hybridized carbons (Fsp3) is 0.515. The zero-order valence-corrected chi connectivity index (χ0v) is 25.2. The highest BCUT2D eigenvalue weighted by Gasteiger charge is 2.46. The summed E-state index contributed by atoms with van der Waals surface area (Å²) < 4.78 is 17.8. The number of benzene rings is 2. The van der Waals surface area contributed by atoms with Gasteiger partial charge in [-0.05, 0) is 80.7 Å². The Labute approximate surface area is 243 Å². The number of ketones is 1. The number of carbonyl (C=O) groups excluding carboxylic acids is 2. The highest BCUT2D eigenvalue weighted by molar-refractivity contribution is 6.46. The second-order valence-corrected chi connectivity index (χ2v) is 11.1. The molecule has 4 rings (SSSR count). The number of hydrogen-bond donors (Lipinski definition) is 1. The molecule has 0 saturated carbocycles. The molecule has 2 aliphatic heterocycles. The molecule has 8 nitrogen and oxygen atoms in total. The van der Waals surface area contributed by atoms with Gasteiger partial charge in [0.2, 0.25) is 0 Å². The summed E-state index contributed by atoms with van der Waals surface area (Å²) in [4.78, 5) is 30.8. The van der Waals surface area contributed by atoms with Crippen LogP contribution in [0.15, 0.2) is 42.0 Å². The average Bonchev–Trinajstić information content (AvgIpc) is 3.44. The zero-order valence-electron chi connectivity index (χ0n) is 25.2. The lowest BCUT2D eigenvalue weighted by Gasteiger charge is -2.28. The molecule has 0 spiro atoms. The molecule has 1 saturated heterocycles. The van der Waals surface area contributed by atoms with Crippen LogP contribution in [0.1, 0.15) is 70.7 Å². The van der Waals surface area contributed by atoms with Crippen molar-refractivity contribution >= 4 is 17.4 Å². The summed E-state index contributed by atoms with van der Waals surface area (Å²) in [5.41, 5.74) is 2.22. The van der Waals surface area contributed by atoms with Gasteiger partial charge in [-0.3, -0.25) is 9.59 Å². The van der Waals surface area contributed by atoms with Gasteiger partial charge >= 0.3 is 0 Å². The number of aliphatic hydroxyl groups excluding tert-OH is 1. The Morgan fingerprint density at radius 3 is 2.51 bits per heavy atom. The van der Waals surface area contributed by atoms with Crippen LogP contribution in [-0.2, 0) is 16.0 Å². The lowest BCUT2D eigenvalue weighted by atomic mass is 9.94. The number of aliphatic hydroxyl groups is 1. The molecular weight excluding hydrogens is 520 g/mol. The lowest BCUT2D eigenvalue weighted by Crippen LogP contribution is -2.38. The topological polar surface area (TPSA) is 88.5 Å². The van der Waals surface area contributed by atoms with Gasteiger partial charge in [0.1, 0.15) is 17.6 Å². The van der Waals surface area contributed by atoms with Gasteiger partial charge in [-0.25, -0.2) is 0 Å². The first kappa shape index (κ1) is 30.4. The van der Waals surface area contributed by atoms with E-state index < -0.39 is 17.7 Å². The fourth-order valence-corrected chi connectivity index (χ4v) is 5.46. The Hall–Kier alpha value is -3.52. The highest BCUT2D eigenvalue weighted by Crippen LogP contribution is 2.43. The van der Waals surface area contributed by atoms with Crippen LogP contribution >= 0.6 is 0 Å². The molecule has 2 heterocycles. The van der Waals surface area contributed by atoms with Crippen molar-refractivity contribution in [2.45, 2.75) is 66.5 Å². The Balaban J connectivity index is 1.78. The second kappa shape index (κ2) is 13.4. The largest absolute Gasteiger partial charge is 0.507 e. The Kier molecular flexibility index (Phi) is 9.97. The van der Waals surface area contributed by atoms with E-state index in [9.17, 15) is 14.7 Å². The van der Waals surface area contributed by atoms with E-state index in [4.69, 9.17) is 14.2 Å². The number of rotatable bonds is 13. The standard InChI is InChI=1S/C33H44N2O6/c1-7-34(8-2)15-16-35-30(23-10-13-27(28(20-23)39-9-3)40-17-14-21(4)5)29(32(37)33(35)38)31(36)24-11-12-26-25(19-24)18-22(6)41-26/h10-13,19-22,30,36H,7-9,14-18H2,1-6H3/t22-,30-/m1/s1. The van der Waals surface area contributed by atoms with Crippen molar-refractivity contribution in [3.05, 3.63) is 58.7 Å². The minimum Gasteiger partial charge on any atom is -0.507 e. The number of amides is 1. The summed E-state index contributed by atoms with van der Waals surface area (Å²) >= 11 is 0. The van der Waals surface area contributed by atoms with E-state index in [1.54, 1.807) is 11.0 Å². The van der Waals surface area contributed by atoms with Crippen molar-refractivity contribution in [1.82, 2.24) is 9.80 Å². The van der Waals surface area contributed by atoms with Crippen LogP contribution in [0.4, 0.5) is 0 Å². The van der Waals surface area contributed by atoms with Gasteiger partial charge < -0.3 is 29.1 Å².